The van der Waals surface area contributed by atoms with Crippen LogP contribution in [0.15, 0.2) is 12.1 Å². The zero-order chi connectivity index (χ0) is 20.3. The number of benzene rings is 1. The van der Waals surface area contributed by atoms with Crippen molar-refractivity contribution < 1.29 is 9.90 Å². The van der Waals surface area contributed by atoms with Crippen molar-refractivity contribution in [3.05, 3.63) is 23.3 Å². The van der Waals surface area contributed by atoms with Gasteiger partial charge in [0.2, 0.25) is 5.91 Å². The lowest BCUT2D eigenvalue weighted by Crippen LogP contribution is -2.15. The predicted molar refractivity (Wildman–Crippen MR) is 117 cm³/mol. The molecule has 27 heavy (non-hydrogen) atoms. The molecule has 0 aliphatic heterocycles. The minimum absolute atomic E-state index is 0.0746. The number of carbonyl (C=O) groups excluding carboxylic acids is 1. The smallest absolute Gasteiger partial charge is 0.224 e. The van der Waals surface area contributed by atoms with Crippen molar-refractivity contribution in [2.75, 3.05) is 5.32 Å². The summed E-state index contributed by atoms with van der Waals surface area (Å²) in [5.74, 6) is 0.437. The van der Waals surface area contributed by atoms with Crippen LogP contribution in [0.2, 0.25) is 0 Å². The number of phenols is 1. The molecular weight excluding hydrogens is 334 g/mol. The molecule has 0 aromatic heterocycles. The van der Waals surface area contributed by atoms with Crippen LogP contribution in [0.4, 0.5) is 5.69 Å². The minimum atomic E-state index is -0.161. The Hall–Kier alpha value is -1.51. The second-order valence-corrected chi connectivity index (χ2v) is 8.76. The second-order valence-electron chi connectivity index (χ2n) is 8.76. The lowest BCUT2D eigenvalue weighted by Gasteiger charge is -2.23. The van der Waals surface area contributed by atoms with E-state index in [0.717, 1.165) is 36.1 Å². The van der Waals surface area contributed by atoms with Crippen molar-refractivity contribution in [3.63, 3.8) is 0 Å². The van der Waals surface area contributed by atoms with Crippen molar-refractivity contribution in [1.29, 1.82) is 0 Å². The molecule has 1 amide bonds. The van der Waals surface area contributed by atoms with E-state index in [1.165, 1.54) is 44.9 Å². The van der Waals surface area contributed by atoms with Gasteiger partial charge >= 0.3 is 0 Å². The zero-order valence-corrected chi connectivity index (χ0v) is 18.3. The maximum atomic E-state index is 12.3. The van der Waals surface area contributed by atoms with Crippen LogP contribution >= 0.6 is 0 Å². The third-order valence-corrected chi connectivity index (χ3v) is 5.17. The Morgan fingerprint density at radius 3 is 2.00 bits per heavy atom. The van der Waals surface area contributed by atoms with Crippen LogP contribution in [0.25, 0.3) is 0 Å². The van der Waals surface area contributed by atoms with Crippen LogP contribution in [0.1, 0.15) is 110 Å². The summed E-state index contributed by atoms with van der Waals surface area (Å²) in [7, 11) is 0. The maximum Gasteiger partial charge on any atom is 0.224 e. The quantitative estimate of drug-likeness (QED) is 0.302. The Kier molecular flexibility index (Phi) is 10.5. The van der Waals surface area contributed by atoms with Crippen LogP contribution < -0.4 is 5.32 Å². The summed E-state index contributed by atoms with van der Waals surface area (Å²) in [6.45, 7) is 10.5. The van der Waals surface area contributed by atoms with E-state index in [1.54, 1.807) is 0 Å². The van der Waals surface area contributed by atoms with Gasteiger partial charge in [-0.05, 0) is 36.0 Å². The SMILES string of the molecule is CCCCCCCCCCCC(=O)Nc1cc(CC)c(O)c(C(C)(C)C)c1. The zero-order valence-electron chi connectivity index (χ0n) is 18.3. The summed E-state index contributed by atoms with van der Waals surface area (Å²) in [6, 6.07) is 3.82. The van der Waals surface area contributed by atoms with E-state index in [9.17, 15) is 9.90 Å². The third-order valence-electron chi connectivity index (χ3n) is 5.17. The summed E-state index contributed by atoms with van der Waals surface area (Å²) in [5, 5.41) is 13.5. The first-order valence-electron chi connectivity index (χ1n) is 11.0. The van der Waals surface area contributed by atoms with E-state index in [4.69, 9.17) is 0 Å². The van der Waals surface area contributed by atoms with Gasteiger partial charge < -0.3 is 10.4 Å². The molecule has 0 unspecified atom stereocenters. The Morgan fingerprint density at radius 2 is 1.48 bits per heavy atom. The number of aromatic hydroxyl groups is 1. The number of aryl methyl sites for hydroxylation is 1. The van der Waals surface area contributed by atoms with E-state index in [1.807, 2.05) is 19.1 Å². The number of carbonyl (C=O) groups is 1. The van der Waals surface area contributed by atoms with Crippen molar-refractivity contribution in [2.45, 2.75) is 111 Å². The maximum absolute atomic E-state index is 12.3. The first kappa shape index (κ1) is 23.5. The van der Waals surface area contributed by atoms with E-state index in [-0.39, 0.29) is 11.3 Å². The molecule has 0 saturated carbocycles. The van der Waals surface area contributed by atoms with Gasteiger partial charge in [-0.25, -0.2) is 0 Å². The highest BCUT2D eigenvalue weighted by atomic mass is 16.3. The Labute approximate surface area is 167 Å². The highest BCUT2D eigenvalue weighted by Crippen LogP contribution is 2.36. The van der Waals surface area contributed by atoms with Crippen molar-refractivity contribution in [3.8, 4) is 5.75 Å². The number of nitrogens with one attached hydrogen (secondary N) is 1. The van der Waals surface area contributed by atoms with Crippen LogP contribution in [-0.4, -0.2) is 11.0 Å². The van der Waals surface area contributed by atoms with Gasteiger partial charge in [-0.2, -0.15) is 0 Å². The molecular formula is C24H41NO2. The highest BCUT2D eigenvalue weighted by Gasteiger charge is 2.21. The van der Waals surface area contributed by atoms with E-state index >= 15 is 0 Å². The van der Waals surface area contributed by atoms with Crippen LogP contribution in [-0.2, 0) is 16.6 Å². The lowest BCUT2D eigenvalue weighted by molar-refractivity contribution is -0.116. The molecule has 3 nitrogen and oxygen atoms in total. The van der Waals surface area contributed by atoms with Gasteiger partial charge in [0.1, 0.15) is 5.75 Å². The molecule has 0 atom stereocenters. The molecule has 1 rings (SSSR count). The molecule has 0 heterocycles. The topological polar surface area (TPSA) is 49.3 Å². The highest BCUT2D eigenvalue weighted by molar-refractivity contribution is 5.91. The number of hydrogen-bond donors (Lipinski definition) is 2. The molecule has 0 bridgehead atoms. The first-order valence-corrected chi connectivity index (χ1v) is 11.0. The fourth-order valence-electron chi connectivity index (χ4n) is 3.43. The normalized spacial score (nSPS) is 11.6. The summed E-state index contributed by atoms with van der Waals surface area (Å²) in [6.07, 6.45) is 12.6. The van der Waals surface area contributed by atoms with Gasteiger partial charge in [0, 0.05) is 17.7 Å². The van der Waals surface area contributed by atoms with Gasteiger partial charge in [-0.3, -0.25) is 4.79 Å². The molecule has 3 heteroatoms. The van der Waals surface area contributed by atoms with E-state index in [2.05, 4.69) is 33.0 Å². The van der Waals surface area contributed by atoms with Crippen LogP contribution in [0.3, 0.4) is 0 Å². The van der Waals surface area contributed by atoms with Crippen LogP contribution in [0.5, 0.6) is 5.75 Å². The van der Waals surface area contributed by atoms with Crippen molar-refractivity contribution in [1.82, 2.24) is 0 Å². The number of anilines is 1. The average Bonchev–Trinajstić information content (AvgIpc) is 2.60. The fraction of sp³-hybridized carbons (Fsp3) is 0.708. The number of unbranched alkanes of at least 4 members (excludes halogenated alkanes) is 8. The molecule has 0 spiro atoms. The molecule has 0 radical (unpaired) electrons. The summed E-state index contributed by atoms with van der Waals surface area (Å²) in [4.78, 5) is 12.3. The van der Waals surface area contributed by atoms with Crippen LogP contribution in [0, 0.1) is 0 Å². The molecule has 0 saturated heterocycles. The van der Waals surface area contributed by atoms with E-state index in [0.29, 0.717) is 12.2 Å². The number of rotatable bonds is 12. The molecule has 1 aromatic rings. The molecule has 0 aliphatic rings. The Bertz CT molecular complexity index is 572. The molecule has 0 fully saturated rings. The van der Waals surface area contributed by atoms with Crippen molar-refractivity contribution >= 4 is 11.6 Å². The Morgan fingerprint density at radius 1 is 0.926 bits per heavy atom. The first-order chi connectivity index (χ1) is 12.8. The number of hydrogen-bond acceptors (Lipinski definition) is 2. The molecule has 1 aromatic carbocycles. The number of phenolic OH excluding ortho intramolecular Hbond substituents is 1. The summed E-state index contributed by atoms with van der Waals surface area (Å²) < 4.78 is 0. The number of amides is 1. The minimum Gasteiger partial charge on any atom is -0.507 e. The monoisotopic (exact) mass is 375 g/mol. The van der Waals surface area contributed by atoms with Gasteiger partial charge in [0.05, 0.1) is 0 Å². The largest absolute Gasteiger partial charge is 0.507 e. The molecule has 2 N–H and O–H groups in total. The second kappa shape index (κ2) is 12.0. The van der Waals surface area contributed by atoms with Gasteiger partial charge in [0.25, 0.3) is 0 Å². The Balaban J connectivity index is 2.42. The van der Waals surface area contributed by atoms with Crippen molar-refractivity contribution in [2.24, 2.45) is 0 Å². The van der Waals surface area contributed by atoms with E-state index < -0.39 is 0 Å². The summed E-state index contributed by atoms with van der Waals surface area (Å²) >= 11 is 0. The predicted octanol–water partition coefficient (Wildman–Crippen LogP) is 7.11. The summed E-state index contributed by atoms with van der Waals surface area (Å²) in [5.41, 5.74) is 2.42. The lowest BCUT2D eigenvalue weighted by atomic mass is 9.84. The average molecular weight is 376 g/mol. The van der Waals surface area contributed by atoms with Gasteiger partial charge in [-0.15, -0.1) is 0 Å². The standard InChI is InChI=1S/C24H41NO2/c1-6-8-9-10-11-12-13-14-15-16-22(26)25-20-17-19(7-2)23(27)21(18-20)24(3,4)5/h17-18,27H,6-16H2,1-5H3,(H,25,26). The van der Waals surface area contributed by atoms with Gasteiger partial charge in [-0.1, -0.05) is 86.0 Å². The third kappa shape index (κ3) is 8.81. The molecule has 0 aliphatic carbocycles. The fourth-order valence-corrected chi connectivity index (χ4v) is 3.43. The molecule has 154 valence electrons. The van der Waals surface area contributed by atoms with Gasteiger partial charge in [0.15, 0.2) is 0 Å².